The fraction of sp³-hybridized carbons (Fsp3) is 0.357. The standard InChI is InChI=1S/C14H16BrN3O2S/c1-4-11-16-17-14(21-7-12(19)20)18(11)10-5-8(2)13(15)9(3)6-10/h5-6H,4,7H2,1-3H3,(H,19,20). The summed E-state index contributed by atoms with van der Waals surface area (Å²) in [5, 5.41) is 17.7. The molecule has 2 aromatic rings. The number of carboxylic acids is 1. The highest BCUT2D eigenvalue weighted by Gasteiger charge is 2.15. The van der Waals surface area contributed by atoms with E-state index >= 15 is 0 Å². The Kier molecular flexibility index (Phi) is 5.05. The molecule has 0 aliphatic heterocycles. The lowest BCUT2D eigenvalue weighted by molar-refractivity contribution is -0.133. The zero-order chi connectivity index (χ0) is 15.6. The monoisotopic (exact) mass is 369 g/mol. The van der Waals surface area contributed by atoms with E-state index in [2.05, 4.69) is 26.1 Å². The van der Waals surface area contributed by atoms with Gasteiger partial charge in [0.1, 0.15) is 5.82 Å². The van der Waals surface area contributed by atoms with Gasteiger partial charge in [-0.15, -0.1) is 10.2 Å². The van der Waals surface area contributed by atoms with Crippen molar-refractivity contribution in [3.8, 4) is 5.69 Å². The van der Waals surface area contributed by atoms with E-state index in [0.717, 1.165) is 33.5 Å². The Labute approximate surface area is 135 Å². The van der Waals surface area contributed by atoms with Crippen molar-refractivity contribution >= 4 is 33.7 Å². The van der Waals surface area contributed by atoms with Gasteiger partial charge in [-0.3, -0.25) is 9.36 Å². The van der Waals surface area contributed by atoms with Crippen molar-refractivity contribution in [2.45, 2.75) is 32.3 Å². The summed E-state index contributed by atoms with van der Waals surface area (Å²) in [6.07, 6.45) is 0.731. The Morgan fingerprint density at radius 1 is 1.33 bits per heavy atom. The van der Waals surface area contributed by atoms with E-state index in [0.29, 0.717) is 5.16 Å². The predicted molar refractivity (Wildman–Crippen MR) is 86.3 cm³/mol. The average Bonchev–Trinajstić information content (AvgIpc) is 2.84. The zero-order valence-electron chi connectivity index (χ0n) is 12.1. The van der Waals surface area contributed by atoms with Crippen molar-refractivity contribution in [3.63, 3.8) is 0 Å². The molecule has 1 aromatic carbocycles. The average molecular weight is 370 g/mol. The number of halogens is 1. The number of nitrogens with zero attached hydrogens (tertiary/aromatic N) is 3. The molecule has 0 aliphatic rings. The molecule has 112 valence electrons. The van der Waals surface area contributed by atoms with E-state index < -0.39 is 5.97 Å². The Morgan fingerprint density at radius 2 is 1.95 bits per heavy atom. The predicted octanol–water partition coefficient (Wildman–Crippen LogP) is 3.39. The minimum absolute atomic E-state index is 0.0314. The number of benzene rings is 1. The van der Waals surface area contributed by atoms with Gasteiger partial charge in [0.2, 0.25) is 0 Å². The van der Waals surface area contributed by atoms with Crippen LogP contribution in [0, 0.1) is 13.8 Å². The van der Waals surface area contributed by atoms with E-state index in [1.54, 1.807) is 0 Å². The van der Waals surface area contributed by atoms with Crippen molar-refractivity contribution in [2.24, 2.45) is 0 Å². The Balaban J connectivity index is 2.51. The highest BCUT2D eigenvalue weighted by molar-refractivity contribution is 9.10. The van der Waals surface area contributed by atoms with Crippen LogP contribution in [0.25, 0.3) is 5.69 Å². The van der Waals surface area contributed by atoms with Crippen molar-refractivity contribution in [1.29, 1.82) is 0 Å². The van der Waals surface area contributed by atoms with Crippen LogP contribution in [0.15, 0.2) is 21.8 Å². The van der Waals surface area contributed by atoms with Gasteiger partial charge >= 0.3 is 5.97 Å². The van der Waals surface area contributed by atoms with Crippen LogP contribution in [0.2, 0.25) is 0 Å². The maximum Gasteiger partial charge on any atom is 0.313 e. The quantitative estimate of drug-likeness (QED) is 0.818. The second kappa shape index (κ2) is 6.62. The van der Waals surface area contributed by atoms with Crippen molar-refractivity contribution in [2.75, 3.05) is 5.75 Å². The van der Waals surface area contributed by atoms with E-state index in [1.165, 1.54) is 11.8 Å². The van der Waals surface area contributed by atoms with Gasteiger partial charge in [0.25, 0.3) is 0 Å². The van der Waals surface area contributed by atoms with Crippen LogP contribution < -0.4 is 0 Å². The second-order valence-electron chi connectivity index (χ2n) is 4.66. The molecule has 1 heterocycles. The second-order valence-corrected chi connectivity index (χ2v) is 6.40. The first kappa shape index (κ1) is 16.0. The third-order valence-corrected chi connectivity index (χ3v) is 5.19. The van der Waals surface area contributed by atoms with E-state index in [4.69, 9.17) is 5.11 Å². The number of carbonyl (C=O) groups is 1. The van der Waals surface area contributed by atoms with Crippen LogP contribution in [0.3, 0.4) is 0 Å². The van der Waals surface area contributed by atoms with Gasteiger partial charge in [-0.05, 0) is 37.1 Å². The number of hydrogen-bond acceptors (Lipinski definition) is 4. The number of aromatic nitrogens is 3. The first-order valence-corrected chi connectivity index (χ1v) is 8.28. The number of hydrogen-bond donors (Lipinski definition) is 1. The molecule has 0 radical (unpaired) electrons. The lowest BCUT2D eigenvalue weighted by atomic mass is 10.1. The molecule has 0 atom stereocenters. The molecule has 0 spiro atoms. The molecule has 0 saturated carbocycles. The summed E-state index contributed by atoms with van der Waals surface area (Å²) in [5.41, 5.74) is 3.20. The summed E-state index contributed by atoms with van der Waals surface area (Å²) < 4.78 is 3.01. The Bertz CT molecular complexity index is 662. The fourth-order valence-corrected chi connectivity index (χ4v) is 2.98. The van der Waals surface area contributed by atoms with E-state index in [1.807, 2.05) is 37.5 Å². The summed E-state index contributed by atoms with van der Waals surface area (Å²) >= 11 is 4.74. The number of aliphatic carboxylic acids is 1. The molecule has 1 N–H and O–H groups in total. The third kappa shape index (κ3) is 3.47. The van der Waals surface area contributed by atoms with Gasteiger partial charge in [-0.2, -0.15) is 0 Å². The summed E-state index contributed by atoms with van der Waals surface area (Å²) in [4.78, 5) is 10.8. The molecule has 0 fully saturated rings. The summed E-state index contributed by atoms with van der Waals surface area (Å²) in [7, 11) is 0. The molecule has 0 amide bonds. The van der Waals surface area contributed by atoms with Crippen molar-refractivity contribution in [1.82, 2.24) is 14.8 Å². The van der Waals surface area contributed by atoms with Crippen molar-refractivity contribution < 1.29 is 9.90 Å². The molecule has 2 rings (SSSR count). The number of aryl methyl sites for hydroxylation is 3. The largest absolute Gasteiger partial charge is 0.481 e. The van der Waals surface area contributed by atoms with Crippen LogP contribution in [0.1, 0.15) is 23.9 Å². The highest BCUT2D eigenvalue weighted by Crippen LogP contribution is 2.28. The minimum atomic E-state index is -0.865. The molecule has 0 bridgehead atoms. The third-order valence-electron chi connectivity index (χ3n) is 3.02. The topological polar surface area (TPSA) is 68.0 Å². The van der Waals surface area contributed by atoms with E-state index in [9.17, 15) is 4.79 Å². The molecule has 0 unspecified atom stereocenters. The lowest BCUT2D eigenvalue weighted by Gasteiger charge is -2.12. The van der Waals surface area contributed by atoms with Gasteiger partial charge in [0, 0.05) is 16.6 Å². The molecular formula is C14H16BrN3O2S. The zero-order valence-corrected chi connectivity index (χ0v) is 14.5. The van der Waals surface area contributed by atoms with Crippen LogP contribution in [-0.2, 0) is 11.2 Å². The maximum absolute atomic E-state index is 10.8. The number of rotatable bonds is 5. The number of thioether (sulfide) groups is 1. The first-order valence-electron chi connectivity index (χ1n) is 6.50. The molecule has 0 saturated heterocycles. The van der Waals surface area contributed by atoms with Gasteiger partial charge < -0.3 is 5.11 Å². The summed E-state index contributed by atoms with van der Waals surface area (Å²) in [6.45, 7) is 6.06. The van der Waals surface area contributed by atoms with Gasteiger partial charge in [-0.25, -0.2) is 0 Å². The smallest absolute Gasteiger partial charge is 0.313 e. The van der Waals surface area contributed by atoms with Crippen LogP contribution in [0.5, 0.6) is 0 Å². The molecule has 21 heavy (non-hydrogen) atoms. The molecule has 0 aliphatic carbocycles. The summed E-state index contributed by atoms with van der Waals surface area (Å²) in [5.74, 6) is -0.0733. The van der Waals surface area contributed by atoms with Gasteiger partial charge in [-0.1, -0.05) is 34.6 Å². The maximum atomic E-state index is 10.8. The molecule has 5 nitrogen and oxygen atoms in total. The number of carboxylic acid groups (broad SMARTS) is 1. The molecular weight excluding hydrogens is 354 g/mol. The van der Waals surface area contributed by atoms with Crippen LogP contribution in [0.4, 0.5) is 0 Å². The highest BCUT2D eigenvalue weighted by atomic mass is 79.9. The summed E-state index contributed by atoms with van der Waals surface area (Å²) in [6, 6.07) is 4.09. The van der Waals surface area contributed by atoms with E-state index in [-0.39, 0.29) is 5.75 Å². The lowest BCUT2D eigenvalue weighted by Crippen LogP contribution is -2.05. The van der Waals surface area contributed by atoms with Crippen LogP contribution >= 0.6 is 27.7 Å². The SMILES string of the molecule is CCc1nnc(SCC(=O)O)n1-c1cc(C)c(Br)c(C)c1. The molecule has 1 aromatic heterocycles. The van der Waals surface area contributed by atoms with Crippen LogP contribution in [-0.4, -0.2) is 31.6 Å². The Morgan fingerprint density at radius 3 is 2.48 bits per heavy atom. The van der Waals surface area contributed by atoms with Gasteiger partial charge in [0.15, 0.2) is 5.16 Å². The normalized spacial score (nSPS) is 10.9. The van der Waals surface area contributed by atoms with Gasteiger partial charge in [0.05, 0.1) is 5.75 Å². The van der Waals surface area contributed by atoms with Crippen molar-refractivity contribution in [3.05, 3.63) is 33.6 Å². The fourth-order valence-electron chi connectivity index (χ4n) is 2.06. The Hall–Kier alpha value is -1.34. The first-order chi connectivity index (χ1) is 9.93. The molecule has 7 heteroatoms. The minimum Gasteiger partial charge on any atom is -0.481 e.